The number of benzene rings is 2. The highest BCUT2D eigenvalue weighted by atomic mass is 19.4. The highest BCUT2D eigenvalue weighted by molar-refractivity contribution is 5.93. The van der Waals surface area contributed by atoms with Crippen LogP contribution in [0.25, 0.3) is 0 Å². The summed E-state index contributed by atoms with van der Waals surface area (Å²) in [7, 11) is 0. The molecule has 0 aromatic heterocycles. The Bertz CT molecular complexity index is 761. The van der Waals surface area contributed by atoms with Gasteiger partial charge in [-0.3, -0.25) is 4.79 Å². The third kappa shape index (κ3) is 6.09. The van der Waals surface area contributed by atoms with Gasteiger partial charge < -0.3 is 19.5 Å². The van der Waals surface area contributed by atoms with Crippen LogP contribution in [-0.2, 0) is 11.0 Å². The zero-order valence-corrected chi connectivity index (χ0v) is 14.9. The predicted octanol–water partition coefficient (Wildman–Crippen LogP) is 4.52. The van der Waals surface area contributed by atoms with Crippen molar-refractivity contribution in [3.63, 3.8) is 0 Å². The zero-order chi connectivity index (χ0) is 19.9. The van der Waals surface area contributed by atoms with Crippen LogP contribution < -0.4 is 19.5 Å². The smallest absolute Gasteiger partial charge is 0.416 e. The van der Waals surface area contributed by atoms with Crippen LogP contribution in [-0.4, -0.2) is 25.7 Å². The topological polar surface area (TPSA) is 56.8 Å². The van der Waals surface area contributed by atoms with Crippen LogP contribution in [0.3, 0.4) is 0 Å². The van der Waals surface area contributed by atoms with Gasteiger partial charge in [0.15, 0.2) is 6.61 Å². The average Bonchev–Trinajstić information content (AvgIpc) is 2.62. The molecule has 8 heteroatoms. The van der Waals surface area contributed by atoms with E-state index in [1.54, 1.807) is 18.2 Å². The Morgan fingerprint density at radius 1 is 0.926 bits per heavy atom. The van der Waals surface area contributed by atoms with Crippen molar-refractivity contribution in [1.29, 1.82) is 0 Å². The molecule has 0 fully saturated rings. The van der Waals surface area contributed by atoms with Crippen molar-refractivity contribution < 1.29 is 32.2 Å². The monoisotopic (exact) mass is 383 g/mol. The molecule has 27 heavy (non-hydrogen) atoms. The lowest BCUT2D eigenvalue weighted by molar-refractivity contribution is -0.137. The number of hydrogen-bond acceptors (Lipinski definition) is 4. The number of nitrogens with one attached hydrogen (secondary N) is 1. The molecule has 0 spiro atoms. The molecule has 146 valence electrons. The van der Waals surface area contributed by atoms with Gasteiger partial charge in [-0.05, 0) is 50.2 Å². The minimum absolute atomic E-state index is 0.159. The molecule has 5 nitrogen and oxygen atoms in total. The molecule has 0 aliphatic carbocycles. The van der Waals surface area contributed by atoms with Crippen molar-refractivity contribution in [2.24, 2.45) is 0 Å². The first-order valence-electron chi connectivity index (χ1n) is 8.33. The van der Waals surface area contributed by atoms with E-state index in [9.17, 15) is 18.0 Å². The third-order valence-electron chi connectivity index (χ3n) is 3.39. The van der Waals surface area contributed by atoms with Crippen molar-refractivity contribution >= 4 is 11.6 Å². The largest absolute Gasteiger partial charge is 0.494 e. The predicted molar refractivity (Wildman–Crippen MR) is 94.3 cm³/mol. The van der Waals surface area contributed by atoms with Crippen LogP contribution >= 0.6 is 0 Å². The fraction of sp³-hybridized carbons (Fsp3) is 0.316. The molecule has 0 saturated heterocycles. The van der Waals surface area contributed by atoms with Gasteiger partial charge in [0.05, 0.1) is 24.5 Å². The second-order valence-electron chi connectivity index (χ2n) is 5.38. The van der Waals surface area contributed by atoms with Gasteiger partial charge in [-0.1, -0.05) is 0 Å². The molecule has 0 aliphatic rings. The normalized spacial score (nSPS) is 11.0. The standard InChI is InChI=1S/C19H20F3NO4/c1-3-25-15-9-10-17(26-4-2)16(11-15)23-18(24)12-27-14-7-5-13(6-8-14)19(20,21)22/h5-11H,3-4,12H2,1-2H3,(H,23,24). The highest BCUT2D eigenvalue weighted by Gasteiger charge is 2.30. The maximum Gasteiger partial charge on any atom is 0.416 e. The van der Waals surface area contributed by atoms with E-state index in [1.165, 1.54) is 0 Å². The van der Waals surface area contributed by atoms with Gasteiger partial charge in [-0.15, -0.1) is 0 Å². The SMILES string of the molecule is CCOc1ccc(OCC)c(NC(=O)COc2ccc(C(F)(F)F)cc2)c1. The molecule has 1 N–H and O–H groups in total. The summed E-state index contributed by atoms with van der Waals surface area (Å²) >= 11 is 0. The molecule has 0 unspecified atom stereocenters. The van der Waals surface area contributed by atoms with E-state index in [2.05, 4.69) is 5.32 Å². The summed E-state index contributed by atoms with van der Waals surface area (Å²) in [6.07, 6.45) is -4.42. The Labute approximate surface area is 155 Å². The van der Waals surface area contributed by atoms with Gasteiger partial charge in [0.1, 0.15) is 17.2 Å². The lowest BCUT2D eigenvalue weighted by atomic mass is 10.2. The zero-order valence-electron chi connectivity index (χ0n) is 14.9. The Morgan fingerprint density at radius 3 is 2.15 bits per heavy atom. The summed E-state index contributed by atoms with van der Waals surface area (Å²) in [5, 5.41) is 2.65. The fourth-order valence-electron chi connectivity index (χ4n) is 2.22. The molecular formula is C19H20F3NO4. The number of amides is 1. The molecular weight excluding hydrogens is 363 g/mol. The summed E-state index contributed by atoms with van der Waals surface area (Å²) in [5.74, 6) is 0.722. The van der Waals surface area contributed by atoms with E-state index in [4.69, 9.17) is 14.2 Å². The van der Waals surface area contributed by atoms with Gasteiger partial charge in [-0.2, -0.15) is 13.2 Å². The van der Waals surface area contributed by atoms with Crippen molar-refractivity contribution in [1.82, 2.24) is 0 Å². The third-order valence-corrected chi connectivity index (χ3v) is 3.39. The van der Waals surface area contributed by atoms with Crippen molar-refractivity contribution in [3.05, 3.63) is 48.0 Å². The number of carbonyl (C=O) groups excluding carboxylic acids is 1. The Hall–Kier alpha value is -2.90. The van der Waals surface area contributed by atoms with Crippen LogP contribution in [0, 0.1) is 0 Å². The molecule has 0 radical (unpaired) electrons. The number of hydrogen-bond donors (Lipinski definition) is 1. The van der Waals surface area contributed by atoms with E-state index in [1.807, 2.05) is 13.8 Å². The van der Waals surface area contributed by atoms with Gasteiger partial charge in [0.2, 0.25) is 0 Å². The van der Waals surface area contributed by atoms with Gasteiger partial charge in [0.25, 0.3) is 5.91 Å². The number of rotatable bonds is 8. The maximum absolute atomic E-state index is 12.5. The van der Waals surface area contributed by atoms with E-state index in [0.717, 1.165) is 24.3 Å². The molecule has 0 heterocycles. The van der Waals surface area contributed by atoms with Gasteiger partial charge in [-0.25, -0.2) is 0 Å². The molecule has 1 amide bonds. The van der Waals surface area contributed by atoms with Crippen molar-refractivity contribution in [3.8, 4) is 17.2 Å². The summed E-state index contributed by atoms with van der Waals surface area (Å²) in [4.78, 5) is 12.1. The van der Waals surface area contributed by atoms with Crippen LogP contribution in [0.1, 0.15) is 19.4 Å². The Morgan fingerprint density at radius 2 is 1.56 bits per heavy atom. The van der Waals surface area contributed by atoms with E-state index < -0.39 is 17.6 Å². The molecule has 0 bridgehead atoms. The number of anilines is 1. The molecule has 2 aromatic carbocycles. The second kappa shape index (κ2) is 9.16. The number of alkyl halides is 3. The second-order valence-corrected chi connectivity index (χ2v) is 5.38. The first-order chi connectivity index (χ1) is 12.8. The lowest BCUT2D eigenvalue weighted by Gasteiger charge is -2.14. The minimum atomic E-state index is -4.42. The van der Waals surface area contributed by atoms with Crippen molar-refractivity contribution in [2.75, 3.05) is 25.1 Å². The first kappa shape index (κ1) is 20.4. The minimum Gasteiger partial charge on any atom is -0.494 e. The summed E-state index contributed by atoms with van der Waals surface area (Å²) in [5.41, 5.74) is -0.364. The number of carbonyl (C=O) groups is 1. The summed E-state index contributed by atoms with van der Waals surface area (Å²) < 4.78 is 53.7. The quantitative estimate of drug-likeness (QED) is 0.728. The van der Waals surface area contributed by atoms with Crippen LogP contribution in [0.2, 0.25) is 0 Å². The van der Waals surface area contributed by atoms with E-state index >= 15 is 0 Å². The van der Waals surface area contributed by atoms with Crippen LogP contribution in [0.5, 0.6) is 17.2 Å². The molecule has 0 atom stereocenters. The fourth-order valence-corrected chi connectivity index (χ4v) is 2.22. The molecule has 2 rings (SSSR count). The number of ether oxygens (including phenoxy) is 3. The van der Waals surface area contributed by atoms with E-state index in [0.29, 0.717) is 30.4 Å². The van der Waals surface area contributed by atoms with Crippen LogP contribution in [0.15, 0.2) is 42.5 Å². The maximum atomic E-state index is 12.5. The highest BCUT2D eigenvalue weighted by Crippen LogP contribution is 2.31. The van der Waals surface area contributed by atoms with Crippen LogP contribution in [0.4, 0.5) is 18.9 Å². The Balaban J connectivity index is 1.99. The molecule has 2 aromatic rings. The van der Waals surface area contributed by atoms with Crippen molar-refractivity contribution in [2.45, 2.75) is 20.0 Å². The Kier molecular flexibility index (Phi) is 6.92. The number of halogens is 3. The first-order valence-corrected chi connectivity index (χ1v) is 8.33. The summed E-state index contributed by atoms with van der Waals surface area (Å²) in [6.45, 7) is 4.18. The van der Waals surface area contributed by atoms with E-state index in [-0.39, 0.29) is 12.4 Å². The molecule has 0 aliphatic heterocycles. The van der Waals surface area contributed by atoms with Gasteiger partial charge >= 0.3 is 6.18 Å². The lowest BCUT2D eigenvalue weighted by Crippen LogP contribution is -2.20. The average molecular weight is 383 g/mol. The van der Waals surface area contributed by atoms with Gasteiger partial charge in [0, 0.05) is 6.07 Å². The molecule has 0 saturated carbocycles. The summed E-state index contributed by atoms with van der Waals surface area (Å²) in [6, 6.07) is 9.15.